The minimum Gasteiger partial charge on any atom is -0.481 e. The maximum absolute atomic E-state index is 12.7. The van der Waals surface area contributed by atoms with Gasteiger partial charge in [0.15, 0.2) is 0 Å². The summed E-state index contributed by atoms with van der Waals surface area (Å²) in [5, 5.41) is 8.72. The summed E-state index contributed by atoms with van der Waals surface area (Å²) in [5.41, 5.74) is 0. The van der Waals surface area contributed by atoms with E-state index in [1.807, 2.05) is 0 Å². The molecular formula is C21H37NO3S. The van der Waals surface area contributed by atoms with Crippen molar-refractivity contribution in [2.45, 2.75) is 113 Å². The smallest absolute Gasteiger partial charge is 0.305 e. The van der Waals surface area contributed by atoms with Crippen molar-refractivity contribution < 1.29 is 14.7 Å². The maximum Gasteiger partial charge on any atom is 0.305 e. The van der Waals surface area contributed by atoms with Crippen LogP contribution in [-0.2, 0) is 9.59 Å². The van der Waals surface area contributed by atoms with Gasteiger partial charge in [-0.05, 0) is 19.3 Å². The summed E-state index contributed by atoms with van der Waals surface area (Å²) in [6.45, 7) is 3.07. The molecule has 1 amide bonds. The molecule has 2 aliphatic rings. The second-order valence-electron chi connectivity index (χ2n) is 8.03. The molecule has 0 aromatic carbocycles. The normalized spacial score (nSPS) is 21.8. The summed E-state index contributed by atoms with van der Waals surface area (Å²) in [7, 11) is 0. The zero-order chi connectivity index (χ0) is 18.8. The summed E-state index contributed by atoms with van der Waals surface area (Å²) in [5.74, 6) is -0.778. The second kappa shape index (κ2) is 11.2. The Morgan fingerprint density at radius 3 is 2.12 bits per heavy atom. The number of carbonyl (C=O) groups excluding carboxylic acids is 1. The number of aliphatic carboxylic acids is 1. The van der Waals surface area contributed by atoms with E-state index in [0.717, 1.165) is 38.6 Å². The number of carbonyl (C=O) groups is 2. The molecule has 1 saturated carbocycles. The molecular weight excluding hydrogens is 346 g/mol. The first-order valence-electron chi connectivity index (χ1n) is 10.8. The second-order valence-corrected chi connectivity index (χ2v) is 9.59. The van der Waals surface area contributed by atoms with Crippen LogP contribution in [0.4, 0.5) is 0 Å². The van der Waals surface area contributed by atoms with E-state index in [9.17, 15) is 9.59 Å². The quantitative estimate of drug-likeness (QED) is 0.421. The number of nitrogens with zero attached hydrogens (tertiary/aromatic N) is 1. The van der Waals surface area contributed by atoms with E-state index in [4.69, 9.17) is 5.11 Å². The number of carboxylic acids is 1. The maximum atomic E-state index is 12.7. The number of hydrogen-bond acceptors (Lipinski definition) is 3. The summed E-state index contributed by atoms with van der Waals surface area (Å²) in [4.78, 5) is 25.8. The largest absolute Gasteiger partial charge is 0.481 e. The Morgan fingerprint density at radius 1 is 1.04 bits per heavy atom. The van der Waals surface area contributed by atoms with Gasteiger partial charge in [0.05, 0.1) is 16.5 Å². The van der Waals surface area contributed by atoms with Crippen LogP contribution < -0.4 is 0 Å². The van der Waals surface area contributed by atoms with Crippen molar-refractivity contribution in [3.05, 3.63) is 0 Å². The molecule has 5 heteroatoms. The van der Waals surface area contributed by atoms with Crippen molar-refractivity contribution in [1.29, 1.82) is 0 Å². The third-order valence-electron chi connectivity index (χ3n) is 5.88. The van der Waals surface area contributed by atoms with Crippen LogP contribution >= 0.6 is 11.8 Å². The van der Waals surface area contributed by atoms with Crippen molar-refractivity contribution >= 4 is 23.6 Å². The van der Waals surface area contributed by atoms with Gasteiger partial charge in [0.25, 0.3) is 0 Å². The number of thioether (sulfide) groups is 1. The summed E-state index contributed by atoms with van der Waals surface area (Å²) in [6.07, 6.45) is 17.3. The van der Waals surface area contributed by atoms with Crippen LogP contribution in [0.2, 0.25) is 0 Å². The number of rotatable bonds is 13. The summed E-state index contributed by atoms with van der Waals surface area (Å²) in [6, 6.07) is 0. The molecule has 2 fully saturated rings. The van der Waals surface area contributed by atoms with Crippen LogP contribution in [0, 0.1) is 0 Å². The van der Waals surface area contributed by atoms with E-state index in [1.165, 1.54) is 57.8 Å². The van der Waals surface area contributed by atoms with Crippen LogP contribution in [-0.4, -0.2) is 38.5 Å². The van der Waals surface area contributed by atoms with Crippen molar-refractivity contribution in [3.63, 3.8) is 0 Å². The van der Waals surface area contributed by atoms with E-state index in [0.29, 0.717) is 0 Å². The van der Waals surface area contributed by atoms with Gasteiger partial charge in [-0.3, -0.25) is 9.59 Å². The zero-order valence-corrected chi connectivity index (χ0v) is 17.3. The molecule has 1 aliphatic carbocycles. The lowest BCUT2D eigenvalue weighted by molar-refractivity contribution is -0.140. The van der Waals surface area contributed by atoms with Crippen molar-refractivity contribution in [3.8, 4) is 0 Å². The lowest BCUT2D eigenvalue weighted by atomic mass is 10.1. The predicted molar refractivity (Wildman–Crippen MR) is 108 cm³/mol. The van der Waals surface area contributed by atoms with Gasteiger partial charge in [0.1, 0.15) is 0 Å². The molecule has 1 spiro atoms. The van der Waals surface area contributed by atoms with E-state index in [-0.39, 0.29) is 22.4 Å². The minimum atomic E-state index is -0.857. The lowest BCUT2D eigenvalue weighted by Gasteiger charge is -2.34. The van der Waals surface area contributed by atoms with Gasteiger partial charge in [-0.25, -0.2) is 0 Å². The molecule has 0 aromatic heterocycles. The fourth-order valence-electron chi connectivity index (χ4n) is 4.43. The highest BCUT2D eigenvalue weighted by molar-refractivity contribution is 8.02. The van der Waals surface area contributed by atoms with Gasteiger partial charge in [-0.15, -0.1) is 11.8 Å². The van der Waals surface area contributed by atoms with Crippen LogP contribution in [0.5, 0.6) is 0 Å². The van der Waals surface area contributed by atoms with Gasteiger partial charge in [0.2, 0.25) is 5.91 Å². The molecule has 1 N–H and O–H groups in total. The monoisotopic (exact) mass is 383 g/mol. The van der Waals surface area contributed by atoms with Crippen molar-refractivity contribution in [2.75, 3.05) is 6.54 Å². The third kappa shape index (κ3) is 6.17. The van der Waals surface area contributed by atoms with Crippen molar-refractivity contribution in [2.24, 2.45) is 0 Å². The van der Waals surface area contributed by atoms with Crippen molar-refractivity contribution in [1.82, 2.24) is 4.90 Å². The molecule has 0 radical (unpaired) electrons. The highest BCUT2D eigenvalue weighted by Crippen LogP contribution is 2.52. The Labute approximate surface area is 163 Å². The third-order valence-corrected chi connectivity index (χ3v) is 7.60. The molecule has 150 valence electrons. The molecule has 1 saturated heterocycles. The van der Waals surface area contributed by atoms with Gasteiger partial charge < -0.3 is 10.0 Å². The first-order chi connectivity index (χ1) is 12.6. The average molecular weight is 384 g/mol. The topological polar surface area (TPSA) is 57.6 Å². The first-order valence-corrected chi connectivity index (χ1v) is 11.7. The summed E-state index contributed by atoms with van der Waals surface area (Å²) >= 11 is 1.64. The fraction of sp³-hybridized carbons (Fsp3) is 0.905. The predicted octanol–water partition coefficient (Wildman–Crippen LogP) is 5.60. The number of unbranched alkanes of at least 4 members (excludes halogenated alkanes) is 9. The van der Waals surface area contributed by atoms with Gasteiger partial charge in [-0.1, -0.05) is 77.6 Å². The molecule has 0 bridgehead atoms. The van der Waals surface area contributed by atoms with E-state index >= 15 is 0 Å². The zero-order valence-electron chi connectivity index (χ0n) is 16.5. The molecule has 4 nitrogen and oxygen atoms in total. The van der Waals surface area contributed by atoms with E-state index in [1.54, 1.807) is 11.8 Å². The first kappa shape index (κ1) is 21.6. The Bertz CT molecular complexity index is 449. The van der Waals surface area contributed by atoms with Gasteiger partial charge in [-0.2, -0.15) is 0 Å². The van der Waals surface area contributed by atoms with Gasteiger partial charge in [0, 0.05) is 6.54 Å². The summed E-state index contributed by atoms with van der Waals surface area (Å²) < 4.78 is 0. The average Bonchev–Trinajstić information content (AvgIpc) is 3.16. The Kier molecular flexibility index (Phi) is 9.30. The number of hydrogen-bond donors (Lipinski definition) is 1. The van der Waals surface area contributed by atoms with Gasteiger partial charge >= 0.3 is 5.97 Å². The van der Waals surface area contributed by atoms with E-state index in [2.05, 4.69) is 11.8 Å². The van der Waals surface area contributed by atoms with Crippen LogP contribution in [0.25, 0.3) is 0 Å². The highest BCUT2D eigenvalue weighted by atomic mass is 32.2. The molecule has 1 aliphatic heterocycles. The lowest BCUT2D eigenvalue weighted by Crippen LogP contribution is -2.43. The number of carboxylic acid groups (broad SMARTS) is 1. The van der Waals surface area contributed by atoms with E-state index < -0.39 is 5.97 Å². The van der Waals surface area contributed by atoms with Crippen LogP contribution in [0.1, 0.15) is 103 Å². The Balaban J connectivity index is 1.66. The fourth-order valence-corrected chi connectivity index (χ4v) is 6.24. The molecule has 0 aromatic rings. The molecule has 1 atom stereocenters. The number of amides is 1. The minimum absolute atomic E-state index is 0.0280. The van der Waals surface area contributed by atoms with Crippen LogP contribution in [0.15, 0.2) is 0 Å². The Hall–Kier alpha value is -0.710. The molecule has 1 heterocycles. The van der Waals surface area contributed by atoms with Crippen LogP contribution in [0.3, 0.4) is 0 Å². The Morgan fingerprint density at radius 2 is 1.58 bits per heavy atom. The highest BCUT2D eigenvalue weighted by Gasteiger charge is 2.52. The standard InChI is InChI=1S/C21H37NO3S/c1-2-3-4-5-6-7-8-9-10-13-16-22-20(25)18(17-19(23)24)26-21(22)14-11-12-15-21/h18H,2-17H2,1H3,(H,23,24). The SMILES string of the molecule is CCCCCCCCCCCCN1C(=O)C(CC(=O)O)SC12CCCC2. The molecule has 1 unspecified atom stereocenters. The molecule has 2 rings (SSSR count). The molecule has 26 heavy (non-hydrogen) atoms.